The molecule has 0 aromatic heterocycles. The minimum absolute atomic E-state index is 0.0551. The number of rotatable bonds is 9. The van der Waals surface area contributed by atoms with E-state index in [2.05, 4.69) is 13.8 Å². The van der Waals surface area contributed by atoms with Crippen LogP contribution in [0.5, 0.6) is 0 Å². The molecule has 0 bridgehead atoms. The van der Waals surface area contributed by atoms with Crippen LogP contribution in [0.4, 0.5) is 0 Å². The van der Waals surface area contributed by atoms with Crippen LogP contribution in [-0.2, 0) is 14.2 Å². The van der Waals surface area contributed by atoms with Gasteiger partial charge in [0, 0.05) is 19.8 Å². The summed E-state index contributed by atoms with van der Waals surface area (Å²) in [5, 5.41) is 0. The van der Waals surface area contributed by atoms with Crippen molar-refractivity contribution in [2.24, 2.45) is 11.7 Å². The molecule has 1 aliphatic carbocycles. The van der Waals surface area contributed by atoms with Gasteiger partial charge in [0.2, 0.25) is 0 Å². The fourth-order valence-corrected chi connectivity index (χ4v) is 2.06. The Morgan fingerprint density at radius 1 is 1.18 bits per heavy atom. The van der Waals surface area contributed by atoms with Gasteiger partial charge in [-0.1, -0.05) is 26.7 Å². The van der Waals surface area contributed by atoms with Gasteiger partial charge >= 0.3 is 0 Å². The summed E-state index contributed by atoms with van der Waals surface area (Å²) in [7, 11) is 1.67. The van der Waals surface area contributed by atoms with Crippen molar-refractivity contribution in [3.05, 3.63) is 0 Å². The second-order valence-electron chi connectivity index (χ2n) is 4.78. The normalized spacial score (nSPS) is 28.4. The molecule has 0 saturated heterocycles. The Morgan fingerprint density at radius 3 is 2.41 bits per heavy atom. The first-order valence-electron chi connectivity index (χ1n) is 6.70. The highest BCUT2D eigenvalue weighted by molar-refractivity contribution is 4.95. The van der Waals surface area contributed by atoms with Crippen LogP contribution in [-0.4, -0.2) is 45.2 Å². The van der Waals surface area contributed by atoms with Gasteiger partial charge in [-0.3, -0.25) is 0 Å². The molecule has 1 fully saturated rings. The quantitative estimate of drug-likeness (QED) is 0.627. The van der Waals surface area contributed by atoms with Gasteiger partial charge in [0.05, 0.1) is 25.4 Å². The molecule has 0 amide bonds. The molecule has 0 aliphatic heterocycles. The summed E-state index contributed by atoms with van der Waals surface area (Å²) in [6.45, 7) is 6.45. The molecule has 1 saturated carbocycles. The van der Waals surface area contributed by atoms with E-state index < -0.39 is 0 Å². The third kappa shape index (κ3) is 4.54. The Hall–Kier alpha value is -0.160. The molecule has 0 spiro atoms. The Bertz CT molecular complexity index is 197. The average Bonchev–Trinajstić information content (AvgIpc) is 2.34. The van der Waals surface area contributed by atoms with E-state index in [1.807, 2.05) is 0 Å². The van der Waals surface area contributed by atoms with Crippen molar-refractivity contribution >= 4 is 0 Å². The highest BCUT2D eigenvalue weighted by atomic mass is 16.6. The number of ether oxygens (including phenoxy) is 3. The van der Waals surface area contributed by atoms with E-state index in [9.17, 15) is 0 Å². The van der Waals surface area contributed by atoms with Crippen molar-refractivity contribution in [1.29, 1.82) is 0 Å². The van der Waals surface area contributed by atoms with Crippen LogP contribution in [0.1, 0.15) is 33.1 Å². The molecule has 0 aromatic rings. The second kappa shape index (κ2) is 8.03. The molecule has 3 atom stereocenters. The van der Waals surface area contributed by atoms with Crippen LogP contribution in [0.2, 0.25) is 0 Å². The van der Waals surface area contributed by atoms with Gasteiger partial charge in [0.1, 0.15) is 0 Å². The lowest BCUT2D eigenvalue weighted by molar-refractivity contribution is -0.150. The van der Waals surface area contributed by atoms with Gasteiger partial charge in [0.25, 0.3) is 0 Å². The zero-order valence-electron chi connectivity index (χ0n) is 11.4. The number of hydrogen-bond donors (Lipinski definition) is 1. The van der Waals surface area contributed by atoms with Gasteiger partial charge in [-0.25, -0.2) is 0 Å². The minimum atomic E-state index is 0.0551. The summed E-state index contributed by atoms with van der Waals surface area (Å²) in [6.07, 6.45) is 3.49. The maximum absolute atomic E-state index is 5.92. The van der Waals surface area contributed by atoms with Crippen LogP contribution in [0, 0.1) is 5.92 Å². The lowest BCUT2D eigenvalue weighted by Gasteiger charge is -2.42. The Kier molecular flexibility index (Phi) is 7.04. The Morgan fingerprint density at radius 2 is 1.88 bits per heavy atom. The lowest BCUT2D eigenvalue weighted by atomic mass is 9.86. The molecule has 0 heterocycles. The fraction of sp³-hybridized carbons (Fsp3) is 1.00. The molecule has 1 aliphatic rings. The number of nitrogens with two attached hydrogens (primary N) is 1. The van der Waals surface area contributed by atoms with Gasteiger partial charge in [-0.05, 0) is 12.3 Å². The van der Waals surface area contributed by atoms with Crippen molar-refractivity contribution in [1.82, 2.24) is 0 Å². The molecule has 17 heavy (non-hydrogen) atoms. The average molecular weight is 245 g/mol. The minimum Gasteiger partial charge on any atom is -0.382 e. The maximum atomic E-state index is 5.92. The van der Waals surface area contributed by atoms with Crippen LogP contribution in [0.3, 0.4) is 0 Å². The zero-order chi connectivity index (χ0) is 12.7. The number of methoxy groups -OCH3 is 1. The Balaban J connectivity index is 2.19. The van der Waals surface area contributed by atoms with E-state index >= 15 is 0 Å². The molecule has 1 rings (SSSR count). The lowest BCUT2D eigenvalue weighted by Crippen LogP contribution is -2.58. The summed E-state index contributed by atoms with van der Waals surface area (Å²) in [5.74, 6) is 0.659. The topological polar surface area (TPSA) is 53.7 Å². The highest BCUT2D eigenvalue weighted by Crippen LogP contribution is 2.26. The first-order chi connectivity index (χ1) is 8.22. The molecule has 4 heteroatoms. The summed E-state index contributed by atoms with van der Waals surface area (Å²) in [6, 6.07) is 0.124. The molecular weight excluding hydrogens is 218 g/mol. The summed E-state index contributed by atoms with van der Waals surface area (Å²) in [4.78, 5) is 0. The molecule has 0 radical (unpaired) electrons. The molecule has 0 aromatic carbocycles. The van der Waals surface area contributed by atoms with Crippen LogP contribution in [0.15, 0.2) is 0 Å². The van der Waals surface area contributed by atoms with Gasteiger partial charge in [-0.2, -0.15) is 0 Å². The standard InChI is InChI=1S/C13H27NO3/c1-4-10(5-2)9-17-12-8-11(14)13(12)16-7-6-15-3/h10-13H,4-9,14H2,1-3H3. The zero-order valence-corrected chi connectivity index (χ0v) is 11.4. The van der Waals surface area contributed by atoms with E-state index in [0.29, 0.717) is 19.1 Å². The van der Waals surface area contributed by atoms with Gasteiger partial charge < -0.3 is 19.9 Å². The van der Waals surface area contributed by atoms with Crippen molar-refractivity contribution in [2.75, 3.05) is 26.9 Å². The maximum Gasteiger partial charge on any atom is 0.0989 e. The predicted molar refractivity (Wildman–Crippen MR) is 68.0 cm³/mol. The third-order valence-electron chi connectivity index (χ3n) is 3.59. The molecular formula is C13H27NO3. The van der Waals surface area contributed by atoms with E-state index in [1.165, 1.54) is 12.8 Å². The predicted octanol–water partition coefficient (Wildman–Crippen LogP) is 1.57. The smallest absolute Gasteiger partial charge is 0.0989 e. The largest absolute Gasteiger partial charge is 0.382 e. The second-order valence-corrected chi connectivity index (χ2v) is 4.78. The molecule has 3 unspecified atom stereocenters. The summed E-state index contributed by atoms with van der Waals surface area (Å²) < 4.78 is 16.5. The molecule has 2 N–H and O–H groups in total. The van der Waals surface area contributed by atoms with Crippen LogP contribution >= 0.6 is 0 Å². The van der Waals surface area contributed by atoms with Gasteiger partial charge in [-0.15, -0.1) is 0 Å². The molecule has 4 nitrogen and oxygen atoms in total. The van der Waals surface area contributed by atoms with Crippen molar-refractivity contribution in [3.8, 4) is 0 Å². The number of hydrogen-bond acceptors (Lipinski definition) is 4. The van der Waals surface area contributed by atoms with Crippen molar-refractivity contribution < 1.29 is 14.2 Å². The van der Waals surface area contributed by atoms with Crippen LogP contribution < -0.4 is 5.73 Å². The third-order valence-corrected chi connectivity index (χ3v) is 3.59. The van der Waals surface area contributed by atoms with E-state index in [4.69, 9.17) is 19.9 Å². The van der Waals surface area contributed by atoms with Crippen molar-refractivity contribution in [2.45, 2.75) is 51.4 Å². The Labute approximate surface area is 105 Å². The summed E-state index contributed by atoms with van der Waals surface area (Å²) in [5.41, 5.74) is 5.92. The van der Waals surface area contributed by atoms with E-state index in [-0.39, 0.29) is 18.2 Å². The molecule has 102 valence electrons. The summed E-state index contributed by atoms with van der Waals surface area (Å²) >= 11 is 0. The van der Waals surface area contributed by atoms with Gasteiger partial charge in [0.15, 0.2) is 0 Å². The van der Waals surface area contributed by atoms with Crippen molar-refractivity contribution in [3.63, 3.8) is 0 Å². The van der Waals surface area contributed by atoms with E-state index in [1.54, 1.807) is 7.11 Å². The first kappa shape index (κ1) is 14.9. The fourth-order valence-electron chi connectivity index (χ4n) is 2.06. The highest BCUT2D eigenvalue weighted by Gasteiger charge is 2.40. The first-order valence-corrected chi connectivity index (χ1v) is 6.70. The van der Waals surface area contributed by atoms with Crippen LogP contribution in [0.25, 0.3) is 0 Å². The monoisotopic (exact) mass is 245 g/mol. The SMILES string of the molecule is CCC(CC)COC1CC(N)C1OCCOC. The van der Waals surface area contributed by atoms with E-state index in [0.717, 1.165) is 13.0 Å².